The molecule has 2 fully saturated rings. The molecule has 1 aromatic carbocycles. The Morgan fingerprint density at radius 3 is 2.61 bits per heavy atom. The second-order valence-corrected chi connectivity index (χ2v) is 9.23. The molecule has 2 saturated heterocycles. The summed E-state index contributed by atoms with van der Waals surface area (Å²) in [5.74, 6) is -0.540. The second kappa shape index (κ2) is 7.87. The van der Waals surface area contributed by atoms with Crippen LogP contribution >= 0.6 is 0 Å². The Balaban J connectivity index is 1.44. The molecule has 0 radical (unpaired) electrons. The van der Waals surface area contributed by atoms with E-state index in [1.165, 1.54) is 22.5 Å². The maximum atomic E-state index is 13.5. The third kappa shape index (κ3) is 3.57. The van der Waals surface area contributed by atoms with Crippen molar-refractivity contribution in [3.8, 4) is 0 Å². The Kier molecular flexibility index (Phi) is 5.46. The molecule has 0 N–H and O–H groups in total. The van der Waals surface area contributed by atoms with Crippen molar-refractivity contribution in [3.63, 3.8) is 0 Å². The van der Waals surface area contributed by atoms with E-state index in [-0.39, 0.29) is 23.1 Å². The molecule has 1 aromatic heterocycles. The van der Waals surface area contributed by atoms with Crippen LogP contribution in [0.1, 0.15) is 24.4 Å². The van der Waals surface area contributed by atoms with Crippen molar-refractivity contribution >= 4 is 10.0 Å². The fraction of sp³-hybridized carbons (Fsp3) is 0.450. The van der Waals surface area contributed by atoms with Gasteiger partial charge in [0.05, 0.1) is 17.0 Å². The monoisotopic (exact) mass is 405 g/mol. The van der Waals surface area contributed by atoms with E-state index in [0.717, 1.165) is 31.0 Å². The molecule has 2 atom stereocenters. The van der Waals surface area contributed by atoms with Gasteiger partial charge in [0.1, 0.15) is 5.82 Å². The number of aromatic nitrogens is 1. The zero-order valence-corrected chi connectivity index (χ0v) is 16.6. The molecule has 0 amide bonds. The molecule has 0 spiro atoms. The largest absolute Gasteiger partial charge is 0.378 e. The van der Waals surface area contributed by atoms with Gasteiger partial charge in [-0.25, -0.2) is 12.8 Å². The van der Waals surface area contributed by atoms with Gasteiger partial charge >= 0.3 is 0 Å². The maximum absolute atomic E-state index is 13.5. The van der Waals surface area contributed by atoms with Gasteiger partial charge in [0.25, 0.3) is 0 Å². The van der Waals surface area contributed by atoms with Crippen LogP contribution in [0.25, 0.3) is 0 Å². The number of hydrogen-bond acceptors (Lipinski definition) is 5. The highest BCUT2D eigenvalue weighted by Crippen LogP contribution is 2.39. The van der Waals surface area contributed by atoms with E-state index in [4.69, 9.17) is 4.74 Å². The van der Waals surface area contributed by atoms with Gasteiger partial charge in [0.2, 0.25) is 10.0 Å². The van der Waals surface area contributed by atoms with Crippen molar-refractivity contribution in [1.29, 1.82) is 0 Å². The van der Waals surface area contributed by atoms with Crippen molar-refractivity contribution in [3.05, 3.63) is 60.2 Å². The van der Waals surface area contributed by atoms with E-state index in [2.05, 4.69) is 16.0 Å². The fourth-order valence-corrected chi connectivity index (χ4v) is 5.73. The number of piperidine rings is 1. The zero-order valence-electron chi connectivity index (χ0n) is 15.7. The summed E-state index contributed by atoms with van der Waals surface area (Å²) in [5, 5.41) is 0. The van der Waals surface area contributed by atoms with Crippen molar-refractivity contribution in [2.75, 3.05) is 26.7 Å². The van der Waals surface area contributed by atoms with Crippen LogP contribution in [-0.2, 0) is 14.8 Å². The first-order valence-corrected chi connectivity index (χ1v) is 10.9. The molecule has 0 unspecified atom stereocenters. The molecule has 2 aromatic rings. The van der Waals surface area contributed by atoms with Gasteiger partial charge in [0, 0.05) is 45.2 Å². The molecule has 6 nitrogen and oxygen atoms in total. The van der Waals surface area contributed by atoms with Crippen molar-refractivity contribution < 1.29 is 17.5 Å². The molecule has 4 rings (SSSR count). The summed E-state index contributed by atoms with van der Waals surface area (Å²) in [5.41, 5.74) is 1.12. The van der Waals surface area contributed by atoms with Crippen LogP contribution in [0.4, 0.5) is 4.39 Å². The lowest BCUT2D eigenvalue weighted by Gasteiger charge is -2.52. The third-order valence-electron chi connectivity index (χ3n) is 5.76. The zero-order chi connectivity index (χ0) is 19.7. The van der Waals surface area contributed by atoms with E-state index in [1.807, 2.05) is 12.3 Å². The molecule has 2 aliphatic rings. The van der Waals surface area contributed by atoms with Crippen LogP contribution < -0.4 is 0 Å². The molecule has 2 aliphatic heterocycles. The van der Waals surface area contributed by atoms with Crippen LogP contribution in [0, 0.1) is 5.82 Å². The first-order chi connectivity index (χ1) is 13.5. The number of pyridine rings is 1. The van der Waals surface area contributed by atoms with Gasteiger partial charge in [-0.15, -0.1) is 0 Å². The minimum Gasteiger partial charge on any atom is -0.378 e. The topological polar surface area (TPSA) is 62.7 Å². The van der Waals surface area contributed by atoms with Gasteiger partial charge < -0.3 is 4.74 Å². The number of nitrogens with zero attached hydrogens (tertiary/aromatic N) is 3. The van der Waals surface area contributed by atoms with Crippen LogP contribution in [0.5, 0.6) is 0 Å². The lowest BCUT2D eigenvalue weighted by Crippen LogP contribution is -2.60. The predicted octanol–water partition coefficient (Wildman–Crippen LogP) is 2.45. The standard InChI is InChI=1S/C20H24FN3O3S/c1-27-19-14-24(20(19)15-4-3-9-22-13-15)17-7-10-23(11-8-17)28(25,26)18-6-2-5-16(21)12-18/h2-6,9,12-13,17,19-20H,7-8,10-11,14H2,1H3/t19-,20-/m0/s1. The first-order valence-electron chi connectivity index (χ1n) is 9.45. The summed E-state index contributed by atoms with van der Waals surface area (Å²) in [6.45, 7) is 1.69. The quantitative estimate of drug-likeness (QED) is 0.765. The first kappa shape index (κ1) is 19.4. The Morgan fingerprint density at radius 2 is 1.96 bits per heavy atom. The summed E-state index contributed by atoms with van der Waals surface area (Å²) in [6.07, 6.45) is 5.22. The third-order valence-corrected chi connectivity index (χ3v) is 7.65. The van der Waals surface area contributed by atoms with Gasteiger partial charge in [-0.05, 0) is 42.7 Å². The van der Waals surface area contributed by atoms with Gasteiger partial charge in [0.15, 0.2) is 0 Å². The number of methoxy groups -OCH3 is 1. The number of sulfonamides is 1. The fourth-order valence-electron chi connectivity index (χ4n) is 4.22. The molecule has 0 bridgehead atoms. The number of likely N-dealkylation sites (tertiary alicyclic amines) is 1. The second-order valence-electron chi connectivity index (χ2n) is 7.29. The van der Waals surface area contributed by atoms with Crippen molar-refractivity contribution in [2.45, 2.75) is 35.9 Å². The lowest BCUT2D eigenvalue weighted by atomic mass is 9.88. The minimum atomic E-state index is -3.66. The SMILES string of the molecule is CO[C@H]1CN(C2CCN(S(=O)(=O)c3cccc(F)c3)CC2)[C@H]1c1cccnc1. The van der Waals surface area contributed by atoms with Crippen molar-refractivity contribution in [2.24, 2.45) is 0 Å². The minimum absolute atomic E-state index is 0.0163. The van der Waals surface area contributed by atoms with E-state index in [0.29, 0.717) is 13.1 Å². The normalized spacial score (nSPS) is 24.8. The van der Waals surface area contributed by atoms with Crippen LogP contribution in [0.3, 0.4) is 0 Å². The highest BCUT2D eigenvalue weighted by atomic mass is 32.2. The summed E-state index contributed by atoms with van der Waals surface area (Å²) < 4.78 is 46.1. The lowest BCUT2D eigenvalue weighted by molar-refractivity contribution is -0.114. The summed E-state index contributed by atoms with van der Waals surface area (Å²) in [6, 6.07) is 9.62. The number of benzene rings is 1. The molecule has 0 saturated carbocycles. The number of halogens is 1. The van der Waals surface area contributed by atoms with Gasteiger partial charge in [-0.1, -0.05) is 12.1 Å². The summed E-state index contributed by atoms with van der Waals surface area (Å²) >= 11 is 0. The number of hydrogen-bond donors (Lipinski definition) is 0. The highest BCUT2D eigenvalue weighted by Gasteiger charge is 2.45. The molecule has 28 heavy (non-hydrogen) atoms. The molecule has 3 heterocycles. The summed E-state index contributed by atoms with van der Waals surface area (Å²) in [4.78, 5) is 6.62. The van der Waals surface area contributed by atoms with Crippen molar-refractivity contribution in [1.82, 2.24) is 14.2 Å². The molecular weight excluding hydrogens is 381 g/mol. The Bertz CT molecular complexity index is 917. The number of ether oxygens (including phenoxy) is 1. The molecular formula is C20H24FN3O3S. The molecule has 150 valence electrons. The Hall–Kier alpha value is -1.87. The van der Waals surface area contributed by atoms with Gasteiger partial charge in [-0.2, -0.15) is 4.31 Å². The average molecular weight is 405 g/mol. The molecule has 0 aliphatic carbocycles. The Morgan fingerprint density at radius 1 is 1.18 bits per heavy atom. The van der Waals surface area contributed by atoms with Crippen LogP contribution in [0.15, 0.2) is 53.7 Å². The van der Waals surface area contributed by atoms with Crippen LogP contribution in [0.2, 0.25) is 0 Å². The number of rotatable bonds is 5. The average Bonchev–Trinajstić information content (AvgIpc) is 2.69. The van der Waals surface area contributed by atoms with E-state index < -0.39 is 15.8 Å². The maximum Gasteiger partial charge on any atom is 0.243 e. The van der Waals surface area contributed by atoms with E-state index >= 15 is 0 Å². The summed E-state index contributed by atoms with van der Waals surface area (Å²) in [7, 11) is -1.94. The van der Waals surface area contributed by atoms with E-state index in [9.17, 15) is 12.8 Å². The predicted molar refractivity (Wildman–Crippen MR) is 103 cm³/mol. The highest BCUT2D eigenvalue weighted by molar-refractivity contribution is 7.89. The smallest absolute Gasteiger partial charge is 0.243 e. The van der Waals surface area contributed by atoms with E-state index in [1.54, 1.807) is 13.3 Å². The van der Waals surface area contributed by atoms with Gasteiger partial charge in [-0.3, -0.25) is 9.88 Å². The van der Waals surface area contributed by atoms with Crippen LogP contribution in [-0.4, -0.2) is 61.5 Å². The molecule has 8 heteroatoms. The Labute approximate surface area is 165 Å².